The lowest BCUT2D eigenvalue weighted by atomic mass is 9.92. The highest BCUT2D eigenvalue weighted by Gasteiger charge is 2.36. The molecule has 30 heavy (non-hydrogen) atoms. The highest BCUT2D eigenvalue weighted by molar-refractivity contribution is 8.00. The summed E-state index contributed by atoms with van der Waals surface area (Å²) < 4.78 is 28.5. The Morgan fingerprint density at radius 3 is 2.80 bits per heavy atom. The summed E-state index contributed by atoms with van der Waals surface area (Å²) >= 11 is 2.34. The van der Waals surface area contributed by atoms with Gasteiger partial charge in [0, 0.05) is 12.8 Å². The molecule has 0 saturated heterocycles. The molecule has 1 amide bonds. The number of aromatic nitrogens is 6. The van der Waals surface area contributed by atoms with Crippen molar-refractivity contribution in [2.24, 2.45) is 0 Å². The fraction of sp³-hybridized carbons (Fsp3) is 0.529. The van der Waals surface area contributed by atoms with Crippen molar-refractivity contribution in [2.75, 3.05) is 5.32 Å². The number of amides is 1. The summed E-state index contributed by atoms with van der Waals surface area (Å²) in [6.45, 7) is 3.46. The third-order valence-electron chi connectivity index (χ3n) is 4.89. The number of aromatic amines is 1. The van der Waals surface area contributed by atoms with Crippen LogP contribution in [-0.2, 0) is 4.79 Å². The van der Waals surface area contributed by atoms with Gasteiger partial charge in [0.05, 0.1) is 17.5 Å². The number of thioether (sulfide) groups is 1. The topological polar surface area (TPSA) is 118 Å². The standard InChI is InChI=1S/C17H19F2N7O2S2/c1-8(13(27)22-16-25-24-9(2)30-16)29-15-21-12-11(14(28)23-15)7-20-26(12)10-3-5-17(18,19)6-4-10/h7-8,10H,3-6H2,1-2H3,(H,21,23,28)(H,22,25,27). The van der Waals surface area contributed by atoms with Crippen LogP contribution in [0.25, 0.3) is 11.0 Å². The van der Waals surface area contributed by atoms with Gasteiger partial charge in [-0.2, -0.15) is 5.10 Å². The zero-order chi connectivity index (χ0) is 21.5. The van der Waals surface area contributed by atoms with Crippen molar-refractivity contribution in [3.63, 3.8) is 0 Å². The molecule has 0 radical (unpaired) electrons. The van der Waals surface area contributed by atoms with Crippen LogP contribution in [-0.4, -0.2) is 47.0 Å². The maximum absolute atomic E-state index is 13.5. The molecule has 9 nitrogen and oxygen atoms in total. The number of alkyl halides is 2. The fourth-order valence-corrected chi connectivity index (χ4v) is 4.67. The third kappa shape index (κ3) is 4.36. The van der Waals surface area contributed by atoms with E-state index in [9.17, 15) is 18.4 Å². The molecular weight excluding hydrogens is 436 g/mol. The first kappa shape index (κ1) is 20.8. The molecule has 1 unspecified atom stereocenters. The van der Waals surface area contributed by atoms with Crippen molar-refractivity contribution in [3.8, 4) is 0 Å². The SMILES string of the molecule is Cc1nnc(NC(=O)C(C)Sc2nc3c(cnn3C3CCC(F)(F)CC3)c(=O)[nH]2)s1. The number of hydrogen-bond acceptors (Lipinski definition) is 8. The number of aryl methyl sites for hydroxylation is 1. The van der Waals surface area contributed by atoms with E-state index in [1.807, 2.05) is 0 Å². The average Bonchev–Trinajstić information content (AvgIpc) is 3.28. The number of nitrogens with zero attached hydrogens (tertiary/aromatic N) is 5. The van der Waals surface area contributed by atoms with Gasteiger partial charge in [-0.15, -0.1) is 10.2 Å². The van der Waals surface area contributed by atoms with Crippen LogP contribution >= 0.6 is 23.1 Å². The molecule has 2 N–H and O–H groups in total. The average molecular weight is 456 g/mol. The Morgan fingerprint density at radius 2 is 2.13 bits per heavy atom. The number of carbonyl (C=O) groups is 1. The van der Waals surface area contributed by atoms with Crippen LogP contribution in [0.3, 0.4) is 0 Å². The summed E-state index contributed by atoms with van der Waals surface area (Å²) in [6.07, 6.45) is 1.50. The van der Waals surface area contributed by atoms with E-state index >= 15 is 0 Å². The summed E-state index contributed by atoms with van der Waals surface area (Å²) in [6, 6.07) is -0.240. The molecule has 160 valence electrons. The molecule has 4 rings (SSSR count). The van der Waals surface area contributed by atoms with Crippen LogP contribution in [0.1, 0.15) is 43.7 Å². The molecule has 3 aromatic rings. The zero-order valence-corrected chi connectivity index (χ0v) is 17.8. The maximum atomic E-state index is 13.5. The Bertz CT molecular complexity index is 1130. The fourth-order valence-electron chi connectivity index (χ4n) is 3.28. The monoisotopic (exact) mass is 455 g/mol. The molecule has 3 aromatic heterocycles. The van der Waals surface area contributed by atoms with Crippen molar-refractivity contribution in [1.82, 2.24) is 29.9 Å². The summed E-state index contributed by atoms with van der Waals surface area (Å²) in [5, 5.41) is 15.7. The lowest BCUT2D eigenvalue weighted by Gasteiger charge is -2.28. The van der Waals surface area contributed by atoms with Crippen molar-refractivity contribution < 1.29 is 13.6 Å². The molecule has 0 spiro atoms. The smallest absolute Gasteiger partial charge is 0.262 e. The first-order chi connectivity index (χ1) is 14.2. The minimum atomic E-state index is -2.65. The van der Waals surface area contributed by atoms with Crippen LogP contribution < -0.4 is 10.9 Å². The van der Waals surface area contributed by atoms with Crippen LogP contribution in [0.2, 0.25) is 0 Å². The normalized spacial score (nSPS) is 17.9. The largest absolute Gasteiger partial charge is 0.301 e. The Balaban J connectivity index is 1.53. The van der Waals surface area contributed by atoms with Crippen molar-refractivity contribution in [3.05, 3.63) is 21.6 Å². The molecule has 1 atom stereocenters. The van der Waals surface area contributed by atoms with E-state index in [-0.39, 0.29) is 53.7 Å². The third-order valence-corrected chi connectivity index (χ3v) is 6.63. The zero-order valence-electron chi connectivity index (χ0n) is 16.2. The molecule has 1 fully saturated rings. The van der Waals surface area contributed by atoms with E-state index in [0.717, 1.165) is 16.8 Å². The number of nitrogens with one attached hydrogen (secondary N) is 2. The molecule has 0 aliphatic heterocycles. The van der Waals surface area contributed by atoms with Crippen LogP contribution in [0.4, 0.5) is 13.9 Å². The Kier molecular flexibility index (Phi) is 5.57. The van der Waals surface area contributed by atoms with Gasteiger partial charge < -0.3 is 4.98 Å². The van der Waals surface area contributed by atoms with Gasteiger partial charge in [-0.1, -0.05) is 23.1 Å². The molecule has 1 aliphatic rings. The second-order valence-corrected chi connectivity index (χ2v) is 9.67. The van der Waals surface area contributed by atoms with Gasteiger partial charge in [0.25, 0.3) is 5.56 Å². The quantitative estimate of drug-likeness (QED) is 0.448. The number of rotatable bonds is 5. The van der Waals surface area contributed by atoms with E-state index in [4.69, 9.17) is 0 Å². The number of hydrogen-bond donors (Lipinski definition) is 2. The number of anilines is 1. The second kappa shape index (κ2) is 8.02. The van der Waals surface area contributed by atoms with E-state index in [2.05, 4.69) is 30.6 Å². The lowest BCUT2D eigenvalue weighted by Crippen LogP contribution is -2.27. The highest BCUT2D eigenvalue weighted by atomic mass is 32.2. The summed E-state index contributed by atoms with van der Waals surface area (Å²) in [5.74, 6) is -2.96. The molecule has 0 bridgehead atoms. The molecule has 1 aliphatic carbocycles. The van der Waals surface area contributed by atoms with Crippen LogP contribution in [0.5, 0.6) is 0 Å². The number of halogens is 2. The van der Waals surface area contributed by atoms with Gasteiger partial charge in [0.1, 0.15) is 10.4 Å². The summed E-state index contributed by atoms with van der Waals surface area (Å²) in [7, 11) is 0. The Hall–Kier alpha value is -2.41. The maximum Gasteiger partial charge on any atom is 0.262 e. The predicted octanol–water partition coefficient (Wildman–Crippen LogP) is 3.15. The first-order valence-electron chi connectivity index (χ1n) is 9.35. The van der Waals surface area contributed by atoms with Crippen LogP contribution in [0.15, 0.2) is 16.1 Å². The molecule has 0 aromatic carbocycles. The number of carbonyl (C=O) groups excluding carboxylic acids is 1. The molecule has 3 heterocycles. The van der Waals surface area contributed by atoms with Crippen molar-refractivity contribution >= 4 is 45.2 Å². The minimum Gasteiger partial charge on any atom is -0.301 e. The van der Waals surface area contributed by atoms with Gasteiger partial charge in [0.2, 0.25) is 17.0 Å². The number of fused-ring (bicyclic) bond motifs is 1. The predicted molar refractivity (Wildman–Crippen MR) is 109 cm³/mol. The minimum absolute atomic E-state index is 0.216. The number of H-pyrrole nitrogens is 1. The van der Waals surface area contributed by atoms with E-state index in [1.54, 1.807) is 18.5 Å². The van der Waals surface area contributed by atoms with Gasteiger partial charge in [-0.3, -0.25) is 14.9 Å². The van der Waals surface area contributed by atoms with Crippen molar-refractivity contribution in [2.45, 2.75) is 61.9 Å². The molecular formula is C17H19F2N7O2S2. The second-order valence-electron chi connectivity index (χ2n) is 7.16. The Labute approximate surface area is 177 Å². The van der Waals surface area contributed by atoms with Gasteiger partial charge in [-0.25, -0.2) is 18.4 Å². The van der Waals surface area contributed by atoms with Crippen LogP contribution in [0, 0.1) is 6.92 Å². The van der Waals surface area contributed by atoms with Gasteiger partial charge in [0.15, 0.2) is 10.8 Å². The van der Waals surface area contributed by atoms with Gasteiger partial charge >= 0.3 is 0 Å². The first-order valence-corrected chi connectivity index (χ1v) is 11.0. The molecule has 13 heteroatoms. The summed E-state index contributed by atoms with van der Waals surface area (Å²) in [5.41, 5.74) is -0.0499. The van der Waals surface area contributed by atoms with E-state index in [0.29, 0.717) is 10.8 Å². The Morgan fingerprint density at radius 1 is 1.40 bits per heavy atom. The van der Waals surface area contributed by atoms with Crippen molar-refractivity contribution in [1.29, 1.82) is 0 Å². The van der Waals surface area contributed by atoms with E-state index < -0.39 is 11.2 Å². The van der Waals surface area contributed by atoms with E-state index in [1.165, 1.54) is 17.5 Å². The van der Waals surface area contributed by atoms with Gasteiger partial charge in [-0.05, 0) is 26.7 Å². The highest BCUT2D eigenvalue weighted by Crippen LogP contribution is 2.39. The lowest BCUT2D eigenvalue weighted by molar-refractivity contribution is -0.115. The molecule has 1 saturated carbocycles. The summed E-state index contributed by atoms with van der Waals surface area (Å²) in [4.78, 5) is 31.9.